The highest BCUT2D eigenvalue weighted by Crippen LogP contribution is 2.19. The van der Waals surface area contributed by atoms with E-state index in [4.69, 9.17) is 4.74 Å². The van der Waals surface area contributed by atoms with Crippen molar-refractivity contribution in [1.29, 1.82) is 0 Å². The van der Waals surface area contributed by atoms with Crippen molar-refractivity contribution in [3.63, 3.8) is 0 Å². The summed E-state index contributed by atoms with van der Waals surface area (Å²) in [6, 6.07) is 10.2. The summed E-state index contributed by atoms with van der Waals surface area (Å²) in [7, 11) is 1.30. The standard InChI is InChI=1S/C15H13BrN2O3/c1-9-6-7-11(10(8-9)15(20)21-2)18-14(19)12-4-3-5-13(16)17-12/h3-8H,1-2H3,(H,18,19). The molecule has 1 aromatic heterocycles. The molecule has 1 N–H and O–H groups in total. The van der Waals surface area contributed by atoms with E-state index in [1.807, 2.05) is 6.92 Å². The highest BCUT2D eigenvalue weighted by Gasteiger charge is 2.15. The molecule has 0 fully saturated rings. The summed E-state index contributed by atoms with van der Waals surface area (Å²) < 4.78 is 5.29. The summed E-state index contributed by atoms with van der Waals surface area (Å²) in [6.07, 6.45) is 0. The van der Waals surface area contributed by atoms with Crippen LogP contribution in [0, 0.1) is 6.92 Å². The van der Waals surface area contributed by atoms with Crippen LogP contribution < -0.4 is 5.32 Å². The predicted molar refractivity (Wildman–Crippen MR) is 82.4 cm³/mol. The Labute approximate surface area is 130 Å². The van der Waals surface area contributed by atoms with Crippen LogP contribution in [0.5, 0.6) is 0 Å². The Hall–Kier alpha value is -2.21. The number of anilines is 1. The lowest BCUT2D eigenvalue weighted by Gasteiger charge is -2.10. The lowest BCUT2D eigenvalue weighted by atomic mass is 10.1. The van der Waals surface area contributed by atoms with E-state index in [1.54, 1.807) is 36.4 Å². The third-order valence-electron chi connectivity index (χ3n) is 2.78. The normalized spacial score (nSPS) is 10.0. The second-order valence-electron chi connectivity index (χ2n) is 4.34. The van der Waals surface area contributed by atoms with Crippen molar-refractivity contribution in [3.8, 4) is 0 Å². The first kappa shape index (κ1) is 15.2. The zero-order valence-corrected chi connectivity index (χ0v) is 13.1. The molecule has 1 aromatic carbocycles. The predicted octanol–water partition coefficient (Wildman–Crippen LogP) is 3.19. The quantitative estimate of drug-likeness (QED) is 0.683. The summed E-state index contributed by atoms with van der Waals surface area (Å²) in [4.78, 5) is 28.0. The first-order valence-electron chi connectivity index (χ1n) is 6.14. The van der Waals surface area contributed by atoms with Gasteiger partial charge in [0.2, 0.25) is 0 Å². The number of nitrogens with zero attached hydrogens (tertiary/aromatic N) is 1. The van der Waals surface area contributed by atoms with E-state index in [9.17, 15) is 9.59 Å². The van der Waals surface area contributed by atoms with Gasteiger partial charge in [0, 0.05) is 0 Å². The Kier molecular flexibility index (Phi) is 4.70. The number of ether oxygens (including phenoxy) is 1. The monoisotopic (exact) mass is 348 g/mol. The van der Waals surface area contributed by atoms with Gasteiger partial charge in [-0.1, -0.05) is 17.7 Å². The maximum atomic E-state index is 12.2. The Morgan fingerprint density at radius 3 is 2.67 bits per heavy atom. The number of carbonyl (C=O) groups excluding carboxylic acids is 2. The number of methoxy groups -OCH3 is 1. The minimum Gasteiger partial charge on any atom is -0.465 e. The minimum atomic E-state index is -0.504. The van der Waals surface area contributed by atoms with Crippen molar-refractivity contribution >= 4 is 33.5 Å². The maximum Gasteiger partial charge on any atom is 0.339 e. The molecule has 0 unspecified atom stereocenters. The molecule has 0 atom stereocenters. The number of hydrogen-bond acceptors (Lipinski definition) is 4. The van der Waals surface area contributed by atoms with E-state index in [0.717, 1.165) is 5.56 Å². The Morgan fingerprint density at radius 2 is 2.00 bits per heavy atom. The van der Waals surface area contributed by atoms with E-state index in [-0.39, 0.29) is 5.69 Å². The van der Waals surface area contributed by atoms with E-state index in [1.165, 1.54) is 7.11 Å². The number of pyridine rings is 1. The minimum absolute atomic E-state index is 0.251. The fourth-order valence-corrected chi connectivity index (χ4v) is 2.11. The van der Waals surface area contributed by atoms with Gasteiger partial charge in [-0.2, -0.15) is 0 Å². The van der Waals surface area contributed by atoms with E-state index in [0.29, 0.717) is 15.9 Å². The largest absolute Gasteiger partial charge is 0.465 e. The maximum absolute atomic E-state index is 12.2. The molecule has 5 nitrogen and oxygen atoms in total. The van der Waals surface area contributed by atoms with Gasteiger partial charge >= 0.3 is 5.97 Å². The third-order valence-corrected chi connectivity index (χ3v) is 3.22. The number of rotatable bonds is 3. The second-order valence-corrected chi connectivity index (χ2v) is 5.15. The molecule has 0 aliphatic rings. The van der Waals surface area contributed by atoms with Gasteiger partial charge < -0.3 is 10.1 Å². The molecular formula is C15H13BrN2O3. The molecule has 21 heavy (non-hydrogen) atoms. The fourth-order valence-electron chi connectivity index (χ4n) is 1.77. The van der Waals surface area contributed by atoms with Gasteiger partial charge in [-0.25, -0.2) is 9.78 Å². The van der Waals surface area contributed by atoms with Crippen LogP contribution in [0.3, 0.4) is 0 Å². The van der Waals surface area contributed by atoms with Crippen LogP contribution in [0.25, 0.3) is 0 Å². The van der Waals surface area contributed by atoms with Crippen LogP contribution in [0.4, 0.5) is 5.69 Å². The molecule has 0 saturated carbocycles. The summed E-state index contributed by atoms with van der Waals surface area (Å²) in [5.74, 6) is -0.901. The summed E-state index contributed by atoms with van der Waals surface area (Å²) >= 11 is 3.21. The smallest absolute Gasteiger partial charge is 0.339 e. The van der Waals surface area contributed by atoms with Gasteiger partial charge in [-0.15, -0.1) is 0 Å². The van der Waals surface area contributed by atoms with Crippen molar-refractivity contribution in [3.05, 3.63) is 57.8 Å². The average molecular weight is 349 g/mol. The number of hydrogen-bond donors (Lipinski definition) is 1. The highest BCUT2D eigenvalue weighted by atomic mass is 79.9. The van der Waals surface area contributed by atoms with Crippen molar-refractivity contribution in [2.24, 2.45) is 0 Å². The topological polar surface area (TPSA) is 68.3 Å². The van der Waals surface area contributed by atoms with Gasteiger partial charge in [0.1, 0.15) is 10.3 Å². The number of benzene rings is 1. The molecule has 0 aliphatic heterocycles. The molecule has 0 saturated heterocycles. The number of aryl methyl sites for hydroxylation is 1. The molecule has 1 heterocycles. The number of amides is 1. The molecule has 0 radical (unpaired) electrons. The zero-order chi connectivity index (χ0) is 15.4. The highest BCUT2D eigenvalue weighted by molar-refractivity contribution is 9.10. The molecule has 6 heteroatoms. The number of carbonyl (C=O) groups is 2. The van der Waals surface area contributed by atoms with Crippen LogP contribution >= 0.6 is 15.9 Å². The van der Waals surface area contributed by atoms with Crippen molar-refractivity contribution in [2.75, 3.05) is 12.4 Å². The number of nitrogens with one attached hydrogen (secondary N) is 1. The molecular weight excluding hydrogens is 336 g/mol. The Bertz CT molecular complexity index is 701. The van der Waals surface area contributed by atoms with Crippen LogP contribution in [-0.2, 0) is 4.74 Å². The number of aromatic nitrogens is 1. The molecule has 108 valence electrons. The molecule has 0 aliphatic carbocycles. The zero-order valence-electron chi connectivity index (χ0n) is 11.5. The van der Waals surface area contributed by atoms with Gasteiger partial charge in [-0.3, -0.25) is 4.79 Å². The van der Waals surface area contributed by atoms with Gasteiger partial charge in [0.25, 0.3) is 5.91 Å². The third kappa shape index (κ3) is 3.66. The second kappa shape index (κ2) is 6.49. The van der Waals surface area contributed by atoms with Crippen molar-refractivity contribution in [2.45, 2.75) is 6.92 Å². The number of halogens is 1. The molecule has 0 bridgehead atoms. The SMILES string of the molecule is COC(=O)c1cc(C)ccc1NC(=O)c1cccc(Br)n1. The lowest BCUT2D eigenvalue weighted by molar-refractivity contribution is 0.0602. The van der Waals surface area contributed by atoms with Crippen LogP contribution in [0.2, 0.25) is 0 Å². The van der Waals surface area contributed by atoms with E-state index in [2.05, 4.69) is 26.2 Å². The fraction of sp³-hybridized carbons (Fsp3) is 0.133. The average Bonchev–Trinajstić information content (AvgIpc) is 2.48. The Balaban J connectivity index is 2.31. The van der Waals surface area contributed by atoms with Crippen molar-refractivity contribution in [1.82, 2.24) is 4.98 Å². The van der Waals surface area contributed by atoms with Crippen LogP contribution in [0.15, 0.2) is 41.0 Å². The molecule has 0 spiro atoms. The van der Waals surface area contributed by atoms with Gasteiger partial charge in [0.05, 0.1) is 18.4 Å². The van der Waals surface area contributed by atoms with Crippen LogP contribution in [-0.4, -0.2) is 24.0 Å². The lowest BCUT2D eigenvalue weighted by Crippen LogP contribution is -2.16. The molecule has 1 amide bonds. The van der Waals surface area contributed by atoms with Gasteiger partial charge in [-0.05, 0) is 47.1 Å². The number of esters is 1. The molecule has 2 aromatic rings. The van der Waals surface area contributed by atoms with E-state index < -0.39 is 11.9 Å². The molecule has 2 rings (SSSR count). The van der Waals surface area contributed by atoms with Gasteiger partial charge in [0.15, 0.2) is 0 Å². The van der Waals surface area contributed by atoms with Crippen LogP contribution in [0.1, 0.15) is 26.4 Å². The Morgan fingerprint density at radius 1 is 1.24 bits per heavy atom. The summed E-state index contributed by atoms with van der Waals surface area (Å²) in [6.45, 7) is 1.86. The first-order valence-corrected chi connectivity index (χ1v) is 6.93. The summed E-state index contributed by atoms with van der Waals surface area (Å²) in [5, 5.41) is 2.67. The summed E-state index contributed by atoms with van der Waals surface area (Å²) in [5.41, 5.74) is 1.84. The van der Waals surface area contributed by atoms with Crippen molar-refractivity contribution < 1.29 is 14.3 Å². The van der Waals surface area contributed by atoms with E-state index >= 15 is 0 Å². The first-order chi connectivity index (χ1) is 10.0.